The summed E-state index contributed by atoms with van der Waals surface area (Å²) in [6.07, 6.45) is -2.89. The maximum absolute atomic E-state index is 13.8. The summed E-state index contributed by atoms with van der Waals surface area (Å²) in [4.78, 5) is 40.7. The Morgan fingerprint density at radius 3 is 2.40 bits per heavy atom. The zero-order valence-corrected chi connectivity index (χ0v) is 25.7. The molecule has 3 fully saturated rings. The molecule has 0 aromatic heterocycles. The number of phenols is 1. The van der Waals surface area contributed by atoms with Gasteiger partial charge in [-0.25, -0.2) is 0 Å². The number of cyclic esters (lactones) is 1. The van der Waals surface area contributed by atoms with E-state index in [0.717, 1.165) is 5.56 Å². The van der Waals surface area contributed by atoms with E-state index in [1.165, 1.54) is 13.8 Å². The second-order valence-corrected chi connectivity index (χ2v) is 13.5. The number of ether oxygens (including phenoxy) is 4. The first-order chi connectivity index (χ1) is 19.5. The second-order valence-electron chi connectivity index (χ2n) is 13.5. The topological polar surface area (TPSA) is 149 Å². The normalized spacial score (nSPS) is 37.1. The molecule has 1 aliphatic carbocycles. The van der Waals surface area contributed by atoms with Gasteiger partial charge in [-0.2, -0.15) is 0 Å². The fourth-order valence-electron chi connectivity index (χ4n) is 7.44. The summed E-state index contributed by atoms with van der Waals surface area (Å²) in [5, 5.41) is 31.4. The van der Waals surface area contributed by atoms with E-state index in [-0.39, 0.29) is 43.0 Å². The van der Waals surface area contributed by atoms with Crippen molar-refractivity contribution in [2.75, 3.05) is 7.11 Å². The Bertz CT molecular complexity index is 1180. The highest BCUT2D eigenvalue weighted by atomic mass is 16.6. The molecule has 4 rings (SSSR count). The van der Waals surface area contributed by atoms with E-state index in [1.807, 2.05) is 33.8 Å². The zero-order valence-electron chi connectivity index (χ0n) is 25.7. The van der Waals surface area contributed by atoms with Crippen LogP contribution in [0.4, 0.5) is 0 Å². The minimum absolute atomic E-state index is 0.0296. The Balaban J connectivity index is 1.73. The van der Waals surface area contributed by atoms with Gasteiger partial charge in [-0.05, 0) is 62.1 Å². The van der Waals surface area contributed by atoms with Crippen LogP contribution in [0.2, 0.25) is 0 Å². The molecule has 2 saturated heterocycles. The van der Waals surface area contributed by atoms with Crippen molar-refractivity contribution in [3.8, 4) is 5.75 Å². The van der Waals surface area contributed by atoms with Crippen molar-refractivity contribution in [3.63, 3.8) is 0 Å². The third kappa shape index (κ3) is 5.96. The lowest BCUT2D eigenvalue weighted by Gasteiger charge is -2.61. The molecule has 1 aromatic carbocycles. The Morgan fingerprint density at radius 2 is 1.79 bits per heavy atom. The van der Waals surface area contributed by atoms with Crippen molar-refractivity contribution in [2.45, 2.75) is 115 Å². The SMILES string of the molecule is CO[C@@H](CC[C@H](C)[C@H]1O[C@@]23C[C@H](OC(=O)C[C@H]([C@@H](C)O)OC(=O)[C@H]2C(=O)[C@](C)(O)CC3(C)C)[C@@H]1C)c1cccc(O)c1. The number of rotatable bonds is 7. The number of benzene rings is 1. The molecule has 1 spiro atoms. The van der Waals surface area contributed by atoms with Gasteiger partial charge in [0.1, 0.15) is 29.5 Å². The molecule has 0 radical (unpaired) electrons. The third-order valence-corrected chi connectivity index (χ3v) is 9.81. The summed E-state index contributed by atoms with van der Waals surface area (Å²) in [5.74, 6) is -3.98. The lowest BCUT2D eigenvalue weighted by molar-refractivity contribution is -0.286. The molecule has 1 saturated carbocycles. The van der Waals surface area contributed by atoms with Crippen LogP contribution in [0.15, 0.2) is 24.3 Å². The van der Waals surface area contributed by atoms with Gasteiger partial charge in [0.25, 0.3) is 0 Å². The number of fused-ring (bicyclic) bond motifs is 1. The smallest absolute Gasteiger partial charge is 0.320 e. The maximum atomic E-state index is 13.8. The van der Waals surface area contributed by atoms with Crippen molar-refractivity contribution < 1.29 is 48.7 Å². The average Bonchev–Trinajstić information content (AvgIpc) is 2.88. The van der Waals surface area contributed by atoms with Gasteiger partial charge in [-0.3, -0.25) is 14.4 Å². The van der Waals surface area contributed by atoms with Crippen molar-refractivity contribution in [3.05, 3.63) is 29.8 Å². The predicted molar refractivity (Wildman–Crippen MR) is 151 cm³/mol. The largest absolute Gasteiger partial charge is 0.508 e. The van der Waals surface area contributed by atoms with Crippen LogP contribution < -0.4 is 0 Å². The number of hydrogen-bond acceptors (Lipinski definition) is 10. The molecule has 3 N–H and O–H groups in total. The molecule has 0 unspecified atom stereocenters. The molecule has 0 amide bonds. The van der Waals surface area contributed by atoms with Crippen LogP contribution >= 0.6 is 0 Å². The quantitative estimate of drug-likeness (QED) is 0.317. The van der Waals surface area contributed by atoms with E-state index >= 15 is 0 Å². The number of carbonyl (C=O) groups excluding carboxylic acids is 3. The van der Waals surface area contributed by atoms with Gasteiger partial charge >= 0.3 is 11.9 Å². The number of aliphatic hydroxyl groups excluding tert-OH is 1. The fraction of sp³-hybridized carbons (Fsp3) is 0.719. The number of ketones is 1. The number of phenolic OH excluding ortho intramolecular Hbond substituents is 1. The summed E-state index contributed by atoms with van der Waals surface area (Å²) in [7, 11) is 1.61. The third-order valence-electron chi connectivity index (χ3n) is 9.81. The van der Waals surface area contributed by atoms with Crippen LogP contribution in [-0.4, -0.2) is 75.8 Å². The molecule has 2 aliphatic heterocycles. The molecular weight excluding hydrogens is 544 g/mol. The molecule has 3 aliphatic rings. The van der Waals surface area contributed by atoms with Crippen molar-refractivity contribution >= 4 is 17.7 Å². The zero-order chi connectivity index (χ0) is 31.2. The lowest BCUT2D eigenvalue weighted by Crippen LogP contribution is -2.72. The minimum Gasteiger partial charge on any atom is -0.508 e. The standard InChI is InChI=1S/C32H46O10/c1-17(11-12-22(39-7)20-9-8-10-21(34)13-20)27-18(2)24-15-32(42-27)26(28(36)31(6,38)16-30(32,4)5)29(37)41-23(19(3)33)14-25(35)40-24/h8-10,13,17-19,22-24,26-27,33-34,38H,11-12,14-16H2,1-7H3/t17-,18-,19+,22-,23+,24-,26+,27+,31+,32-/m0/s1. The Labute approximate surface area is 247 Å². The lowest BCUT2D eigenvalue weighted by atomic mass is 9.52. The number of aliphatic hydroxyl groups is 2. The Hall–Kier alpha value is -2.53. The summed E-state index contributed by atoms with van der Waals surface area (Å²) >= 11 is 0. The summed E-state index contributed by atoms with van der Waals surface area (Å²) < 4.78 is 24.3. The van der Waals surface area contributed by atoms with Gasteiger partial charge in [0, 0.05) is 19.4 Å². The molecule has 2 bridgehead atoms. The first-order valence-corrected chi connectivity index (χ1v) is 14.9. The van der Waals surface area contributed by atoms with Crippen LogP contribution in [0.1, 0.15) is 85.3 Å². The molecule has 2 heterocycles. The molecule has 10 atom stereocenters. The molecular formula is C32H46O10. The second kappa shape index (κ2) is 11.9. The van der Waals surface area contributed by atoms with E-state index in [0.29, 0.717) is 12.8 Å². The minimum atomic E-state index is -1.81. The predicted octanol–water partition coefficient (Wildman–Crippen LogP) is 3.63. The molecule has 10 nitrogen and oxygen atoms in total. The monoisotopic (exact) mass is 590 g/mol. The first kappa shape index (κ1) is 32.4. The van der Waals surface area contributed by atoms with Gasteiger partial charge in [-0.15, -0.1) is 0 Å². The average molecular weight is 591 g/mol. The van der Waals surface area contributed by atoms with Crippen LogP contribution in [0, 0.1) is 23.2 Å². The fourth-order valence-corrected chi connectivity index (χ4v) is 7.44. The van der Waals surface area contributed by atoms with Crippen molar-refractivity contribution in [1.82, 2.24) is 0 Å². The number of methoxy groups -OCH3 is 1. The van der Waals surface area contributed by atoms with Crippen LogP contribution in [0.25, 0.3) is 0 Å². The van der Waals surface area contributed by atoms with Gasteiger partial charge in [-0.1, -0.05) is 39.8 Å². The van der Waals surface area contributed by atoms with Crippen molar-refractivity contribution in [2.24, 2.45) is 23.2 Å². The van der Waals surface area contributed by atoms with Crippen LogP contribution in [0.3, 0.4) is 0 Å². The van der Waals surface area contributed by atoms with Gasteiger partial charge in [0.2, 0.25) is 0 Å². The van der Waals surface area contributed by atoms with E-state index in [9.17, 15) is 29.7 Å². The molecule has 234 valence electrons. The Kier molecular flexibility index (Phi) is 9.15. The van der Waals surface area contributed by atoms with Crippen LogP contribution in [0.5, 0.6) is 5.75 Å². The van der Waals surface area contributed by atoms with E-state index in [4.69, 9.17) is 18.9 Å². The number of carbonyl (C=O) groups is 3. The van der Waals surface area contributed by atoms with E-state index in [1.54, 1.807) is 25.3 Å². The van der Waals surface area contributed by atoms with Gasteiger partial charge in [0.15, 0.2) is 5.78 Å². The van der Waals surface area contributed by atoms with Gasteiger partial charge in [0.05, 0.1) is 30.3 Å². The summed E-state index contributed by atoms with van der Waals surface area (Å²) in [6, 6.07) is 6.92. The highest BCUT2D eigenvalue weighted by molar-refractivity contribution is 6.05. The van der Waals surface area contributed by atoms with E-state index < -0.39 is 64.7 Å². The maximum Gasteiger partial charge on any atom is 0.320 e. The molecule has 1 aromatic rings. The molecule has 42 heavy (non-hydrogen) atoms. The van der Waals surface area contributed by atoms with E-state index in [2.05, 4.69) is 0 Å². The first-order valence-electron chi connectivity index (χ1n) is 14.9. The highest BCUT2D eigenvalue weighted by Gasteiger charge is 2.69. The molecule has 10 heteroatoms. The number of Topliss-reactive ketones (excluding diaryl/α,β-unsaturated/α-hetero) is 1. The Morgan fingerprint density at radius 1 is 1.10 bits per heavy atom. The number of aromatic hydroxyl groups is 1. The van der Waals surface area contributed by atoms with Crippen molar-refractivity contribution in [1.29, 1.82) is 0 Å². The number of hydrogen-bond donors (Lipinski definition) is 3. The summed E-state index contributed by atoms with van der Waals surface area (Å²) in [5.41, 5.74) is -3.32. The highest BCUT2D eigenvalue weighted by Crippen LogP contribution is 2.58. The van der Waals surface area contributed by atoms with Crippen LogP contribution in [-0.2, 0) is 33.3 Å². The number of esters is 2. The van der Waals surface area contributed by atoms with Gasteiger partial charge < -0.3 is 34.3 Å². The summed E-state index contributed by atoms with van der Waals surface area (Å²) in [6.45, 7) is 10.5.